The normalized spacial score (nSPS) is 10.4. The number of halogens is 1. The molecule has 0 fully saturated rings. The Bertz CT molecular complexity index is 630. The summed E-state index contributed by atoms with van der Waals surface area (Å²) in [4.78, 5) is 11.7. The van der Waals surface area contributed by atoms with E-state index in [1.807, 2.05) is 18.4 Å². The molecule has 0 spiro atoms. The van der Waals surface area contributed by atoms with Gasteiger partial charge in [0.15, 0.2) is 0 Å². The highest BCUT2D eigenvalue weighted by molar-refractivity contribution is 9.10. The average molecular weight is 371 g/mol. The summed E-state index contributed by atoms with van der Waals surface area (Å²) in [5, 5.41) is 16.2. The molecule has 7 heteroatoms. The minimum atomic E-state index is -0.412. The van der Waals surface area contributed by atoms with Gasteiger partial charge in [0.2, 0.25) is 0 Å². The highest BCUT2D eigenvalue weighted by Gasteiger charge is 2.11. The molecule has 1 heterocycles. The van der Waals surface area contributed by atoms with Crippen LogP contribution in [0.5, 0.6) is 5.75 Å². The van der Waals surface area contributed by atoms with Gasteiger partial charge >= 0.3 is 0 Å². The molecule has 2 aromatic rings. The standard InChI is InChI=1S/C14H15BrN2O3S/c1-2-4-20-12-7-10(6-11(8-12)17(18)19)16-9-14-13(15)3-5-21-14/h3,5-8,16H,2,4,9H2,1H3. The third-order valence-corrected chi connectivity index (χ3v) is 4.65. The van der Waals surface area contributed by atoms with Crippen LogP contribution in [0.25, 0.3) is 0 Å². The lowest BCUT2D eigenvalue weighted by Crippen LogP contribution is -2.01. The molecule has 0 atom stereocenters. The Morgan fingerprint density at radius 2 is 2.24 bits per heavy atom. The lowest BCUT2D eigenvalue weighted by Gasteiger charge is -2.09. The van der Waals surface area contributed by atoms with E-state index in [-0.39, 0.29) is 5.69 Å². The van der Waals surface area contributed by atoms with E-state index in [2.05, 4.69) is 21.2 Å². The van der Waals surface area contributed by atoms with Crippen molar-refractivity contribution in [2.45, 2.75) is 19.9 Å². The highest BCUT2D eigenvalue weighted by Crippen LogP contribution is 2.28. The van der Waals surface area contributed by atoms with E-state index in [0.29, 0.717) is 24.6 Å². The van der Waals surface area contributed by atoms with Gasteiger partial charge in [-0.3, -0.25) is 10.1 Å². The van der Waals surface area contributed by atoms with Crippen LogP contribution in [0, 0.1) is 10.1 Å². The summed E-state index contributed by atoms with van der Waals surface area (Å²) in [6.45, 7) is 3.13. The van der Waals surface area contributed by atoms with Crippen LogP contribution in [0.15, 0.2) is 34.1 Å². The Balaban J connectivity index is 2.15. The molecule has 2 rings (SSSR count). The third kappa shape index (κ3) is 4.44. The molecule has 1 N–H and O–H groups in total. The first kappa shape index (κ1) is 15.8. The number of nitrogens with one attached hydrogen (secondary N) is 1. The maximum absolute atomic E-state index is 11.0. The molecule has 112 valence electrons. The zero-order chi connectivity index (χ0) is 15.2. The number of anilines is 1. The van der Waals surface area contributed by atoms with Crippen LogP contribution in [0.2, 0.25) is 0 Å². The lowest BCUT2D eigenvalue weighted by molar-refractivity contribution is -0.384. The summed E-state index contributed by atoms with van der Waals surface area (Å²) in [5.74, 6) is 0.513. The molecule has 1 aromatic carbocycles. The smallest absolute Gasteiger partial charge is 0.275 e. The number of nitro groups is 1. The van der Waals surface area contributed by atoms with E-state index >= 15 is 0 Å². The highest BCUT2D eigenvalue weighted by atomic mass is 79.9. The minimum Gasteiger partial charge on any atom is -0.493 e. The van der Waals surface area contributed by atoms with E-state index in [0.717, 1.165) is 15.8 Å². The van der Waals surface area contributed by atoms with Crippen molar-refractivity contribution in [1.29, 1.82) is 0 Å². The first-order valence-corrected chi connectivity index (χ1v) is 8.15. The van der Waals surface area contributed by atoms with E-state index in [9.17, 15) is 10.1 Å². The fourth-order valence-corrected chi connectivity index (χ4v) is 3.16. The van der Waals surface area contributed by atoms with Crippen molar-refractivity contribution in [1.82, 2.24) is 0 Å². The molecule has 0 saturated carbocycles. The number of nitro benzene ring substituents is 1. The van der Waals surface area contributed by atoms with Gasteiger partial charge < -0.3 is 10.1 Å². The monoisotopic (exact) mass is 370 g/mol. The SMILES string of the molecule is CCCOc1cc(NCc2sccc2Br)cc([N+](=O)[O-])c1. The van der Waals surface area contributed by atoms with Gasteiger partial charge in [0.1, 0.15) is 5.75 Å². The summed E-state index contributed by atoms with van der Waals surface area (Å²) >= 11 is 5.09. The van der Waals surface area contributed by atoms with Crippen molar-refractivity contribution in [2.24, 2.45) is 0 Å². The van der Waals surface area contributed by atoms with E-state index in [1.165, 1.54) is 12.1 Å². The van der Waals surface area contributed by atoms with Gasteiger partial charge in [-0.15, -0.1) is 11.3 Å². The van der Waals surface area contributed by atoms with Crippen LogP contribution in [-0.4, -0.2) is 11.5 Å². The lowest BCUT2D eigenvalue weighted by atomic mass is 10.2. The molecule has 0 amide bonds. The molecule has 0 saturated heterocycles. The van der Waals surface area contributed by atoms with Crippen LogP contribution in [0.3, 0.4) is 0 Å². The maximum Gasteiger partial charge on any atom is 0.275 e. The van der Waals surface area contributed by atoms with E-state index in [4.69, 9.17) is 4.74 Å². The fourth-order valence-electron chi connectivity index (χ4n) is 1.73. The molecule has 0 unspecified atom stereocenters. The summed E-state index contributed by atoms with van der Waals surface area (Å²) in [7, 11) is 0. The average Bonchev–Trinajstić information content (AvgIpc) is 2.88. The fraction of sp³-hybridized carbons (Fsp3) is 0.286. The number of ether oxygens (including phenoxy) is 1. The molecule has 0 bridgehead atoms. The number of rotatable bonds is 7. The number of non-ortho nitro benzene ring substituents is 1. The molecule has 0 aliphatic heterocycles. The first-order chi connectivity index (χ1) is 10.1. The Kier molecular flexibility index (Phi) is 5.58. The summed E-state index contributed by atoms with van der Waals surface area (Å²) in [6.07, 6.45) is 0.855. The number of hydrogen-bond acceptors (Lipinski definition) is 5. The molecule has 0 aliphatic rings. The topological polar surface area (TPSA) is 64.4 Å². The van der Waals surface area contributed by atoms with E-state index < -0.39 is 4.92 Å². The van der Waals surface area contributed by atoms with Crippen molar-refractivity contribution in [3.63, 3.8) is 0 Å². The molecular weight excluding hydrogens is 356 g/mol. The van der Waals surface area contributed by atoms with Gasteiger partial charge in [-0.1, -0.05) is 6.92 Å². The molecule has 5 nitrogen and oxygen atoms in total. The minimum absolute atomic E-state index is 0.0244. The zero-order valence-corrected chi connectivity index (χ0v) is 13.9. The van der Waals surface area contributed by atoms with Crippen LogP contribution < -0.4 is 10.1 Å². The largest absolute Gasteiger partial charge is 0.493 e. The van der Waals surface area contributed by atoms with Crippen molar-refractivity contribution >= 4 is 38.6 Å². The van der Waals surface area contributed by atoms with E-state index in [1.54, 1.807) is 17.4 Å². The third-order valence-electron chi connectivity index (χ3n) is 2.72. The summed E-state index contributed by atoms with van der Waals surface area (Å²) in [5.41, 5.74) is 0.701. The molecule has 1 aromatic heterocycles. The quantitative estimate of drug-likeness (QED) is 0.560. The molecule has 0 radical (unpaired) electrons. The Morgan fingerprint density at radius 1 is 1.43 bits per heavy atom. The summed E-state index contributed by atoms with van der Waals surface area (Å²) in [6, 6.07) is 6.72. The van der Waals surface area contributed by atoms with Crippen molar-refractivity contribution in [3.05, 3.63) is 49.1 Å². The second-order valence-electron chi connectivity index (χ2n) is 4.37. The number of nitrogens with zero attached hydrogens (tertiary/aromatic N) is 1. The van der Waals surface area contributed by atoms with Gasteiger partial charge in [-0.05, 0) is 33.8 Å². The second kappa shape index (κ2) is 7.42. The molecule has 21 heavy (non-hydrogen) atoms. The van der Waals surface area contributed by atoms with Crippen molar-refractivity contribution in [3.8, 4) is 5.75 Å². The number of benzene rings is 1. The number of hydrogen-bond donors (Lipinski definition) is 1. The zero-order valence-electron chi connectivity index (χ0n) is 11.5. The predicted molar refractivity (Wildman–Crippen MR) is 88.2 cm³/mol. The Hall–Kier alpha value is -1.60. The van der Waals surface area contributed by atoms with Crippen LogP contribution in [0.4, 0.5) is 11.4 Å². The first-order valence-electron chi connectivity index (χ1n) is 6.48. The predicted octanol–water partition coefficient (Wildman–Crippen LogP) is 4.82. The van der Waals surface area contributed by atoms with Gasteiger partial charge in [0.25, 0.3) is 5.69 Å². The van der Waals surface area contributed by atoms with Crippen molar-refractivity contribution in [2.75, 3.05) is 11.9 Å². The Labute approximate surface area is 135 Å². The van der Waals surface area contributed by atoms with Crippen LogP contribution in [-0.2, 0) is 6.54 Å². The number of thiophene rings is 1. The van der Waals surface area contributed by atoms with Crippen LogP contribution in [0.1, 0.15) is 18.2 Å². The van der Waals surface area contributed by atoms with Crippen molar-refractivity contribution < 1.29 is 9.66 Å². The second-order valence-corrected chi connectivity index (χ2v) is 6.22. The van der Waals surface area contributed by atoms with Gasteiger partial charge in [-0.2, -0.15) is 0 Å². The van der Waals surface area contributed by atoms with Gasteiger partial charge in [0.05, 0.1) is 24.1 Å². The summed E-state index contributed by atoms with van der Waals surface area (Å²) < 4.78 is 6.53. The van der Waals surface area contributed by atoms with Gasteiger partial charge in [-0.25, -0.2) is 0 Å². The molecular formula is C14H15BrN2O3S. The van der Waals surface area contributed by atoms with Crippen LogP contribution >= 0.6 is 27.3 Å². The Morgan fingerprint density at radius 3 is 2.86 bits per heavy atom. The van der Waals surface area contributed by atoms with Gasteiger partial charge in [0, 0.05) is 27.2 Å². The maximum atomic E-state index is 11.0. The molecule has 0 aliphatic carbocycles.